The Kier molecular flexibility index (Phi) is 6.80. The Morgan fingerprint density at radius 1 is 1.30 bits per heavy atom. The highest BCUT2D eigenvalue weighted by Gasteiger charge is 2.30. The molecule has 1 amide bonds. The number of nitrogens with zero attached hydrogens (tertiary/aromatic N) is 3. The molecular weight excluding hydrogens is 368 g/mol. The molecule has 0 bridgehead atoms. The zero-order chi connectivity index (χ0) is 19.3. The van der Waals surface area contributed by atoms with Crippen LogP contribution in [0, 0.1) is 5.92 Å². The van der Waals surface area contributed by atoms with E-state index < -0.39 is 10.0 Å². The number of ether oxygens (including phenoxy) is 1. The third kappa shape index (κ3) is 5.47. The Bertz CT molecular complexity index is 714. The molecule has 8 nitrogen and oxygen atoms in total. The van der Waals surface area contributed by atoms with E-state index >= 15 is 0 Å². The molecule has 1 unspecified atom stereocenters. The van der Waals surface area contributed by atoms with E-state index in [-0.39, 0.29) is 17.9 Å². The fraction of sp³-hybridized carbons (Fsp3) is 0.667. The topological polar surface area (TPSA) is 91.8 Å². The second-order valence-corrected chi connectivity index (χ2v) is 9.11. The SMILES string of the molecule is CS(=O)(=O)N1CCC(C(=O)NCC(c2cccnc2)N2CCOCC2)CC1. The first-order valence-electron chi connectivity index (χ1n) is 9.39. The molecule has 2 aliphatic heterocycles. The molecular formula is C18H28N4O4S. The third-order valence-electron chi connectivity index (χ3n) is 5.32. The average Bonchev–Trinajstić information content (AvgIpc) is 2.69. The molecule has 2 aliphatic rings. The lowest BCUT2D eigenvalue weighted by atomic mass is 9.97. The number of sulfonamides is 1. The molecule has 3 rings (SSSR count). The van der Waals surface area contributed by atoms with Gasteiger partial charge in [0.05, 0.1) is 25.5 Å². The summed E-state index contributed by atoms with van der Waals surface area (Å²) in [5.41, 5.74) is 1.08. The van der Waals surface area contributed by atoms with Crippen molar-refractivity contribution in [2.24, 2.45) is 5.92 Å². The summed E-state index contributed by atoms with van der Waals surface area (Å²) >= 11 is 0. The number of carbonyl (C=O) groups excluding carboxylic acids is 1. The second kappa shape index (κ2) is 9.09. The number of pyridine rings is 1. The third-order valence-corrected chi connectivity index (χ3v) is 6.62. The van der Waals surface area contributed by atoms with Crippen LogP contribution in [0.25, 0.3) is 0 Å². The maximum absolute atomic E-state index is 12.6. The van der Waals surface area contributed by atoms with E-state index in [1.54, 1.807) is 6.20 Å². The maximum atomic E-state index is 12.6. The molecule has 3 heterocycles. The number of hydrogen-bond donors (Lipinski definition) is 1. The molecule has 150 valence electrons. The Hall–Kier alpha value is -1.55. The highest BCUT2D eigenvalue weighted by molar-refractivity contribution is 7.88. The lowest BCUT2D eigenvalue weighted by molar-refractivity contribution is -0.126. The quantitative estimate of drug-likeness (QED) is 0.741. The van der Waals surface area contributed by atoms with E-state index in [0.717, 1.165) is 18.7 Å². The van der Waals surface area contributed by atoms with Crippen LogP contribution in [0.4, 0.5) is 0 Å². The number of aromatic nitrogens is 1. The average molecular weight is 397 g/mol. The van der Waals surface area contributed by atoms with Crippen LogP contribution in [0.3, 0.4) is 0 Å². The van der Waals surface area contributed by atoms with Crippen LogP contribution in [0.1, 0.15) is 24.4 Å². The van der Waals surface area contributed by atoms with Gasteiger partial charge in [0.15, 0.2) is 0 Å². The summed E-state index contributed by atoms with van der Waals surface area (Å²) in [4.78, 5) is 19.2. The summed E-state index contributed by atoms with van der Waals surface area (Å²) in [5, 5.41) is 3.08. The molecule has 0 aromatic carbocycles. The van der Waals surface area contributed by atoms with Crippen molar-refractivity contribution in [3.63, 3.8) is 0 Å². The first-order chi connectivity index (χ1) is 12.9. The summed E-state index contributed by atoms with van der Waals surface area (Å²) in [6.45, 7) is 4.35. The Balaban J connectivity index is 1.58. The van der Waals surface area contributed by atoms with Crippen molar-refractivity contribution < 1.29 is 17.9 Å². The summed E-state index contributed by atoms with van der Waals surface area (Å²) in [7, 11) is -3.18. The number of hydrogen-bond acceptors (Lipinski definition) is 6. The van der Waals surface area contributed by atoms with Gasteiger partial charge < -0.3 is 10.1 Å². The molecule has 1 aromatic heterocycles. The lowest BCUT2D eigenvalue weighted by Crippen LogP contribution is -2.46. The minimum absolute atomic E-state index is 0.00491. The molecule has 0 saturated carbocycles. The van der Waals surface area contributed by atoms with Crippen molar-refractivity contribution >= 4 is 15.9 Å². The monoisotopic (exact) mass is 396 g/mol. The largest absolute Gasteiger partial charge is 0.379 e. The first-order valence-corrected chi connectivity index (χ1v) is 11.2. The minimum Gasteiger partial charge on any atom is -0.379 e. The fourth-order valence-electron chi connectivity index (χ4n) is 3.71. The molecule has 2 fully saturated rings. The standard InChI is InChI=1S/C18H28N4O4S/c1-27(24,25)22-7-4-15(5-8-22)18(23)20-14-17(16-3-2-6-19-13-16)21-9-11-26-12-10-21/h2-3,6,13,15,17H,4-5,7-12,14H2,1H3,(H,20,23). The second-order valence-electron chi connectivity index (χ2n) is 7.13. The van der Waals surface area contributed by atoms with Gasteiger partial charge in [-0.3, -0.25) is 14.7 Å². The number of carbonyl (C=O) groups is 1. The van der Waals surface area contributed by atoms with Crippen molar-refractivity contribution in [1.29, 1.82) is 0 Å². The molecule has 2 saturated heterocycles. The number of piperidine rings is 1. The van der Waals surface area contributed by atoms with Crippen LogP contribution in [-0.4, -0.2) is 80.7 Å². The molecule has 1 atom stereocenters. The number of morpholine rings is 1. The van der Waals surface area contributed by atoms with E-state index in [1.165, 1.54) is 10.6 Å². The van der Waals surface area contributed by atoms with Gasteiger partial charge in [-0.25, -0.2) is 12.7 Å². The normalized spacial score (nSPS) is 21.7. The van der Waals surface area contributed by atoms with Gasteiger partial charge in [0.25, 0.3) is 0 Å². The van der Waals surface area contributed by atoms with Crippen molar-refractivity contribution in [2.45, 2.75) is 18.9 Å². The van der Waals surface area contributed by atoms with E-state index in [9.17, 15) is 13.2 Å². The summed E-state index contributed by atoms with van der Waals surface area (Å²) in [6, 6.07) is 4.00. The number of amides is 1. The van der Waals surface area contributed by atoms with Crippen LogP contribution in [0.15, 0.2) is 24.5 Å². The molecule has 0 radical (unpaired) electrons. The van der Waals surface area contributed by atoms with Crippen molar-refractivity contribution in [3.05, 3.63) is 30.1 Å². The first kappa shape index (κ1) is 20.2. The van der Waals surface area contributed by atoms with Gasteiger partial charge in [-0.1, -0.05) is 6.07 Å². The molecule has 1 aromatic rings. The van der Waals surface area contributed by atoms with Crippen LogP contribution in [0.2, 0.25) is 0 Å². The van der Waals surface area contributed by atoms with E-state index in [2.05, 4.69) is 15.2 Å². The zero-order valence-electron chi connectivity index (χ0n) is 15.7. The molecule has 0 aliphatic carbocycles. The predicted molar refractivity (Wildman–Crippen MR) is 102 cm³/mol. The molecule has 27 heavy (non-hydrogen) atoms. The van der Waals surface area contributed by atoms with E-state index in [1.807, 2.05) is 18.3 Å². The summed E-state index contributed by atoms with van der Waals surface area (Å²) in [6.07, 6.45) is 5.93. The van der Waals surface area contributed by atoms with Gasteiger partial charge in [0, 0.05) is 51.0 Å². The van der Waals surface area contributed by atoms with Gasteiger partial charge in [0.1, 0.15) is 0 Å². The smallest absolute Gasteiger partial charge is 0.223 e. The van der Waals surface area contributed by atoms with Crippen molar-refractivity contribution in [1.82, 2.24) is 19.5 Å². The fourth-order valence-corrected chi connectivity index (χ4v) is 4.59. The highest BCUT2D eigenvalue weighted by Crippen LogP contribution is 2.22. The Labute approximate surface area is 160 Å². The molecule has 9 heteroatoms. The van der Waals surface area contributed by atoms with E-state index in [4.69, 9.17) is 4.74 Å². The molecule has 0 spiro atoms. The van der Waals surface area contributed by atoms with Crippen LogP contribution >= 0.6 is 0 Å². The van der Waals surface area contributed by atoms with E-state index in [0.29, 0.717) is 45.7 Å². The van der Waals surface area contributed by atoms with Crippen LogP contribution in [0.5, 0.6) is 0 Å². The van der Waals surface area contributed by atoms with Gasteiger partial charge >= 0.3 is 0 Å². The maximum Gasteiger partial charge on any atom is 0.223 e. The van der Waals surface area contributed by atoms with Gasteiger partial charge in [-0.2, -0.15) is 0 Å². The minimum atomic E-state index is -3.18. The molecule has 1 N–H and O–H groups in total. The number of nitrogens with one attached hydrogen (secondary N) is 1. The van der Waals surface area contributed by atoms with Gasteiger partial charge in [-0.15, -0.1) is 0 Å². The van der Waals surface area contributed by atoms with Gasteiger partial charge in [-0.05, 0) is 24.5 Å². The van der Waals surface area contributed by atoms with Crippen LogP contribution in [-0.2, 0) is 19.6 Å². The zero-order valence-corrected chi connectivity index (χ0v) is 16.5. The predicted octanol–water partition coefficient (Wildman–Crippen LogP) is 0.243. The number of rotatable bonds is 6. The summed E-state index contributed by atoms with van der Waals surface area (Å²) in [5.74, 6) is -0.132. The highest BCUT2D eigenvalue weighted by atomic mass is 32.2. The van der Waals surface area contributed by atoms with Crippen molar-refractivity contribution in [3.8, 4) is 0 Å². The Morgan fingerprint density at radius 3 is 2.59 bits per heavy atom. The van der Waals surface area contributed by atoms with Crippen molar-refractivity contribution in [2.75, 3.05) is 52.2 Å². The lowest BCUT2D eigenvalue weighted by Gasteiger charge is -2.35. The summed E-state index contributed by atoms with van der Waals surface area (Å²) < 4.78 is 30.1. The van der Waals surface area contributed by atoms with Gasteiger partial charge in [0.2, 0.25) is 15.9 Å². The van der Waals surface area contributed by atoms with Crippen LogP contribution < -0.4 is 5.32 Å². The Morgan fingerprint density at radius 2 is 2.00 bits per heavy atom.